The molecule has 1 atom stereocenters. The van der Waals surface area contributed by atoms with Crippen molar-refractivity contribution in [3.63, 3.8) is 0 Å². The number of aryl methyl sites for hydroxylation is 2. The summed E-state index contributed by atoms with van der Waals surface area (Å²) in [6, 6.07) is 16.8. The molecule has 1 unspecified atom stereocenters. The van der Waals surface area contributed by atoms with Crippen molar-refractivity contribution in [2.24, 2.45) is 0 Å². The number of thioether (sulfide) groups is 1. The topological polar surface area (TPSA) is 116 Å². The van der Waals surface area contributed by atoms with Gasteiger partial charge in [0.05, 0.1) is 12.9 Å². The summed E-state index contributed by atoms with van der Waals surface area (Å²) < 4.78 is 16.3. The zero-order valence-corrected chi connectivity index (χ0v) is 23.7. The Labute approximate surface area is 242 Å². The second-order valence-electron chi connectivity index (χ2n) is 9.34. The van der Waals surface area contributed by atoms with Gasteiger partial charge in [-0.1, -0.05) is 23.9 Å². The van der Waals surface area contributed by atoms with Crippen LogP contribution in [0.15, 0.2) is 78.2 Å². The highest BCUT2D eigenvalue weighted by molar-refractivity contribution is 7.99. The highest BCUT2D eigenvalue weighted by Gasteiger charge is 2.33. The van der Waals surface area contributed by atoms with E-state index in [0.29, 0.717) is 33.7 Å². The van der Waals surface area contributed by atoms with Crippen LogP contribution in [0.25, 0.3) is 0 Å². The number of fused-ring (bicyclic) bond motifs is 1. The van der Waals surface area contributed by atoms with Gasteiger partial charge in [-0.3, -0.25) is 14.6 Å². The number of aromatic nitrogens is 3. The van der Waals surface area contributed by atoms with Gasteiger partial charge in [0.15, 0.2) is 16.7 Å². The van der Waals surface area contributed by atoms with Crippen LogP contribution < -0.4 is 19.5 Å². The Kier molecular flexibility index (Phi) is 8.64. The maximum atomic E-state index is 14.0. The second kappa shape index (κ2) is 12.7. The van der Waals surface area contributed by atoms with E-state index in [0.717, 1.165) is 17.0 Å². The summed E-state index contributed by atoms with van der Waals surface area (Å²) in [4.78, 5) is 42.6. The lowest BCUT2D eigenvalue weighted by Gasteiger charge is -2.31. The van der Waals surface area contributed by atoms with Gasteiger partial charge >= 0.3 is 0 Å². The molecule has 41 heavy (non-hydrogen) atoms. The molecule has 5 rings (SSSR count). The molecule has 10 nitrogen and oxygen atoms in total. The molecule has 1 N–H and O–H groups in total. The maximum absolute atomic E-state index is 14.0. The van der Waals surface area contributed by atoms with E-state index >= 15 is 0 Å². The summed E-state index contributed by atoms with van der Waals surface area (Å²) in [6.07, 6.45) is 3.34. The van der Waals surface area contributed by atoms with Crippen molar-refractivity contribution in [2.45, 2.75) is 31.6 Å². The average Bonchev–Trinajstić information content (AvgIpc) is 3.44. The second-order valence-corrected chi connectivity index (χ2v) is 10.3. The Morgan fingerprint density at radius 1 is 1.02 bits per heavy atom. The summed E-state index contributed by atoms with van der Waals surface area (Å²) >= 11 is 1.23. The van der Waals surface area contributed by atoms with E-state index in [1.165, 1.54) is 11.8 Å². The molecule has 2 aromatic carbocycles. The molecule has 0 aliphatic carbocycles. The minimum atomic E-state index is -1.000. The largest absolute Gasteiger partial charge is 0.497 e. The van der Waals surface area contributed by atoms with Gasteiger partial charge < -0.3 is 24.4 Å². The molecule has 1 aliphatic rings. The van der Waals surface area contributed by atoms with E-state index in [2.05, 4.69) is 20.3 Å². The fourth-order valence-corrected chi connectivity index (χ4v) is 5.26. The van der Waals surface area contributed by atoms with E-state index in [4.69, 9.17) is 14.2 Å². The van der Waals surface area contributed by atoms with Crippen LogP contribution in [0, 0.1) is 13.8 Å². The normalized spacial score (nSPS) is 12.5. The molecule has 0 saturated heterocycles. The molecular formula is C30H29N5O5S. The summed E-state index contributed by atoms with van der Waals surface area (Å²) in [6.45, 7) is 4.01. The van der Waals surface area contributed by atoms with Gasteiger partial charge in [-0.05, 0) is 73.5 Å². The maximum Gasteiger partial charge on any atom is 0.251 e. The van der Waals surface area contributed by atoms with Gasteiger partial charge in [-0.2, -0.15) is 0 Å². The summed E-state index contributed by atoms with van der Waals surface area (Å²) in [5.41, 5.74) is 3.54. The molecular weight excluding hydrogens is 542 g/mol. The number of methoxy groups -OCH3 is 1. The van der Waals surface area contributed by atoms with E-state index in [1.807, 2.05) is 26.0 Å². The Morgan fingerprint density at radius 3 is 2.49 bits per heavy atom. The number of nitrogens with one attached hydrogen (secondary N) is 1. The van der Waals surface area contributed by atoms with Crippen molar-refractivity contribution >= 4 is 29.3 Å². The standard InChI is InChI=1S/C30H29N5O5S/c1-19-13-20(2)33-30(32-19)41-17-27(36)35(16-21-5-4-12-31-15-21)28(22-6-11-25-26(14-22)40-18-39-25)29(37)34-23-7-9-24(38-3)10-8-23/h4-15,28H,16-18H2,1-3H3,(H,34,37). The molecule has 4 aromatic rings. The molecule has 1 aliphatic heterocycles. The van der Waals surface area contributed by atoms with Crippen molar-refractivity contribution in [1.82, 2.24) is 19.9 Å². The molecule has 2 amide bonds. The van der Waals surface area contributed by atoms with Crippen molar-refractivity contribution in [1.29, 1.82) is 0 Å². The first-order valence-corrected chi connectivity index (χ1v) is 13.9. The number of ether oxygens (including phenoxy) is 3. The number of benzene rings is 2. The van der Waals surface area contributed by atoms with E-state index in [-0.39, 0.29) is 30.9 Å². The predicted molar refractivity (Wildman–Crippen MR) is 154 cm³/mol. The fraction of sp³-hybridized carbons (Fsp3) is 0.233. The summed E-state index contributed by atoms with van der Waals surface area (Å²) in [5, 5.41) is 3.46. The Hall–Kier alpha value is -4.64. The Bertz CT molecular complexity index is 1510. The number of carbonyl (C=O) groups is 2. The first kappa shape index (κ1) is 27.9. The smallest absolute Gasteiger partial charge is 0.251 e. The van der Waals surface area contributed by atoms with Gasteiger partial charge in [0, 0.05) is 36.0 Å². The first-order valence-electron chi connectivity index (χ1n) is 12.9. The van der Waals surface area contributed by atoms with Crippen molar-refractivity contribution in [3.8, 4) is 17.2 Å². The molecule has 0 spiro atoms. The summed E-state index contributed by atoms with van der Waals surface area (Å²) in [7, 11) is 1.58. The Balaban J connectivity index is 1.50. The van der Waals surface area contributed by atoms with Gasteiger partial charge in [-0.25, -0.2) is 9.97 Å². The quantitative estimate of drug-likeness (QED) is 0.213. The molecule has 210 valence electrons. The predicted octanol–water partition coefficient (Wildman–Crippen LogP) is 4.73. The van der Waals surface area contributed by atoms with Gasteiger partial charge in [0.25, 0.3) is 5.91 Å². The minimum Gasteiger partial charge on any atom is -0.497 e. The monoisotopic (exact) mass is 571 g/mol. The third-order valence-electron chi connectivity index (χ3n) is 6.31. The number of amides is 2. The third kappa shape index (κ3) is 6.93. The van der Waals surface area contributed by atoms with Crippen molar-refractivity contribution in [2.75, 3.05) is 25.0 Å². The number of hydrogen-bond donors (Lipinski definition) is 1. The molecule has 11 heteroatoms. The van der Waals surface area contributed by atoms with E-state index in [1.54, 1.807) is 72.9 Å². The number of nitrogens with zero attached hydrogens (tertiary/aromatic N) is 4. The molecule has 0 saturated carbocycles. The van der Waals surface area contributed by atoms with E-state index < -0.39 is 6.04 Å². The van der Waals surface area contributed by atoms with Crippen LogP contribution in [0.1, 0.15) is 28.6 Å². The Morgan fingerprint density at radius 2 is 1.78 bits per heavy atom. The zero-order valence-electron chi connectivity index (χ0n) is 22.9. The molecule has 0 radical (unpaired) electrons. The molecule has 0 bridgehead atoms. The van der Waals surface area contributed by atoms with E-state index in [9.17, 15) is 9.59 Å². The van der Waals surface area contributed by atoms with Crippen LogP contribution in [0.3, 0.4) is 0 Å². The van der Waals surface area contributed by atoms with Crippen LogP contribution in [0.2, 0.25) is 0 Å². The van der Waals surface area contributed by atoms with Gasteiger partial charge in [0.1, 0.15) is 11.8 Å². The minimum absolute atomic E-state index is 0.0278. The van der Waals surface area contributed by atoms with Crippen LogP contribution >= 0.6 is 11.8 Å². The number of anilines is 1. The number of rotatable bonds is 10. The number of hydrogen-bond acceptors (Lipinski definition) is 9. The molecule has 0 fully saturated rings. The SMILES string of the molecule is COc1ccc(NC(=O)C(c2ccc3c(c2)OCO3)N(Cc2cccnc2)C(=O)CSc2nc(C)cc(C)n2)cc1. The lowest BCUT2D eigenvalue weighted by molar-refractivity contribution is -0.137. The number of carbonyl (C=O) groups excluding carboxylic acids is 2. The van der Waals surface area contributed by atoms with Crippen LogP contribution in [0.5, 0.6) is 17.2 Å². The third-order valence-corrected chi connectivity index (χ3v) is 7.14. The number of pyridine rings is 1. The lowest BCUT2D eigenvalue weighted by Crippen LogP contribution is -2.41. The first-order chi connectivity index (χ1) is 19.9. The highest BCUT2D eigenvalue weighted by Crippen LogP contribution is 2.37. The highest BCUT2D eigenvalue weighted by atomic mass is 32.2. The average molecular weight is 572 g/mol. The summed E-state index contributed by atoms with van der Waals surface area (Å²) in [5.74, 6) is 1.12. The molecule has 2 aromatic heterocycles. The zero-order chi connectivity index (χ0) is 28.8. The van der Waals surface area contributed by atoms with Crippen molar-refractivity contribution in [3.05, 3.63) is 95.6 Å². The lowest BCUT2D eigenvalue weighted by atomic mass is 10.0. The van der Waals surface area contributed by atoms with Crippen LogP contribution in [-0.2, 0) is 16.1 Å². The molecule has 3 heterocycles. The van der Waals surface area contributed by atoms with Crippen LogP contribution in [-0.4, -0.2) is 51.3 Å². The van der Waals surface area contributed by atoms with Gasteiger partial charge in [-0.15, -0.1) is 0 Å². The fourth-order valence-electron chi connectivity index (χ4n) is 4.42. The van der Waals surface area contributed by atoms with Crippen LogP contribution in [0.4, 0.5) is 5.69 Å². The van der Waals surface area contributed by atoms with Crippen molar-refractivity contribution < 1.29 is 23.8 Å². The van der Waals surface area contributed by atoms with Gasteiger partial charge in [0.2, 0.25) is 12.7 Å².